The van der Waals surface area contributed by atoms with Crippen molar-refractivity contribution in [2.45, 2.75) is 0 Å². The summed E-state index contributed by atoms with van der Waals surface area (Å²) in [5.74, 6) is -2.38. The first-order valence-corrected chi connectivity index (χ1v) is 5.83. The molecule has 0 saturated carbocycles. The van der Waals surface area contributed by atoms with Crippen LogP contribution in [0.2, 0.25) is 0 Å². The molecule has 4 nitrogen and oxygen atoms in total. The van der Waals surface area contributed by atoms with E-state index in [1.807, 2.05) is 0 Å². The van der Waals surface area contributed by atoms with E-state index in [-0.39, 0.29) is 11.3 Å². The number of aromatic carboxylic acids is 1. The lowest BCUT2D eigenvalue weighted by atomic mass is 10.1. The molecule has 1 heterocycles. The van der Waals surface area contributed by atoms with E-state index < -0.39 is 17.7 Å². The van der Waals surface area contributed by atoms with Crippen LogP contribution in [0.3, 0.4) is 0 Å². The fourth-order valence-corrected chi connectivity index (χ4v) is 2.01. The molecule has 0 unspecified atom stereocenters. The monoisotopic (exact) mass is 265 g/mol. The lowest BCUT2D eigenvalue weighted by Gasteiger charge is -2.07. The number of rotatable bonds is 3. The molecule has 2 aromatic rings. The molecule has 0 fully saturated rings. The predicted molar refractivity (Wildman–Crippen MR) is 65.6 cm³/mol. The number of carboxylic acid groups (broad SMARTS) is 1. The Balaban J connectivity index is 2.29. The Morgan fingerprint density at radius 1 is 1.28 bits per heavy atom. The molecule has 0 saturated heterocycles. The highest BCUT2D eigenvalue weighted by Crippen LogP contribution is 2.19. The first-order chi connectivity index (χ1) is 8.58. The average Bonchev–Trinajstić information content (AvgIpc) is 2.84. The van der Waals surface area contributed by atoms with E-state index in [4.69, 9.17) is 5.11 Å². The van der Waals surface area contributed by atoms with Gasteiger partial charge >= 0.3 is 5.97 Å². The molecular weight excluding hydrogens is 257 g/mol. The van der Waals surface area contributed by atoms with Crippen LogP contribution in [-0.2, 0) is 0 Å². The summed E-state index contributed by atoms with van der Waals surface area (Å²) in [5.41, 5.74) is -0.206. The lowest BCUT2D eigenvalue weighted by molar-refractivity contribution is 0.0697. The molecule has 2 N–H and O–H groups in total. The summed E-state index contributed by atoms with van der Waals surface area (Å²) >= 11 is 1.23. The minimum atomic E-state index is -1.30. The van der Waals surface area contributed by atoms with Gasteiger partial charge in [-0.1, -0.05) is 6.07 Å². The van der Waals surface area contributed by atoms with Crippen molar-refractivity contribution in [3.63, 3.8) is 0 Å². The number of carbonyl (C=O) groups excluding carboxylic acids is 1. The van der Waals surface area contributed by atoms with Crippen molar-refractivity contribution in [1.82, 2.24) is 0 Å². The Morgan fingerprint density at radius 2 is 2.06 bits per heavy atom. The molecular formula is C12H8FNO3S. The highest BCUT2D eigenvalue weighted by atomic mass is 32.1. The fraction of sp³-hybridized carbons (Fsp3) is 0. The van der Waals surface area contributed by atoms with Gasteiger partial charge in [0.2, 0.25) is 0 Å². The van der Waals surface area contributed by atoms with Crippen molar-refractivity contribution >= 4 is 28.9 Å². The largest absolute Gasteiger partial charge is 0.478 e. The molecule has 92 valence electrons. The van der Waals surface area contributed by atoms with E-state index in [0.717, 1.165) is 12.1 Å². The van der Waals surface area contributed by atoms with Gasteiger partial charge in [0.15, 0.2) is 0 Å². The number of carbonyl (C=O) groups is 2. The highest BCUT2D eigenvalue weighted by molar-refractivity contribution is 7.12. The number of hydrogen-bond acceptors (Lipinski definition) is 3. The van der Waals surface area contributed by atoms with Gasteiger partial charge in [-0.25, -0.2) is 9.18 Å². The molecule has 6 heteroatoms. The maximum absolute atomic E-state index is 12.9. The summed E-state index contributed by atoms with van der Waals surface area (Å²) in [6, 6.07) is 6.51. The van der Waals surface area contributed by atoms with Gasteiger partial charge < -0.3 is 10.4 Å². The van der Waals surface area contributed by atoms with Crippen LogP contribution in [0.25, 0.3) is 0 Å². The number of hydrogen-bond donors (Lipinski definition) is 2. The first kappa shape index (κ1) is 12.3. The summed E-state index contributed by atoms with van der Waals surface area (Å²) in [6.45, 7) is 0. The summed E-state index contributed by atoms with van der Waals surface area (Å²) < 4.78 is 12.9. The lowest BCUT2D eigenvalue weighted by Crippen LogP contribution is -2.13. The molecule has 18 heavy (non-hydrogen) atoms. The Labute approximate surface area is 106 Å². The van der Waals surface area contributed by atoms with E-state index in [0.29, 0.717) is 4.88 Å². The Kier molecular flexibility index (Phi) is 3.38. The van der Waals surface area contributed by atoms with Crippen molar-refractivity contribution in [3.05, 3.63) is 52.0 Å². The average molecular weight is 265 g/mol. The van der Waals surface area contributed by atoms with Crippen molar-refractivity contribution in [3.8, 4) is 0 Å². The number of amides is 1. The molecule has 0 aliphatic heterocycles. The molecule has 1 aromatic carbocycles. The van der Waals surface area contributed by atoms with Gasteiger partial charge in [-0.15, -0.1) is 11.3 Å². The molecule has 0 radical (unpaired) electrons. The van der Waals surface area contributed by atoms with Gasteiger partial charge in [0, 0.05) is 0 Å². The number of nitrogens with one attached hydrogen (secondary N) is 1. The first-order valence-electron chi connectivity index (χ1n) is 4.95. The molecule has 1 amide bonds. The Bertz CT molecular complexity index is 595. The maximum Gasteiger partial charge on any atom is 0.337 e. The van der Waals surface area contributed by atoms with Gasteiger partial charge in [-0.2, -0.15) is 0 Å². The summed E-state index contributed by atoms with van der Waals surface area (Å²) in [5, 5.41) is 13.1. The second kappa shape index (κ2) is 4.97. The van der Waals surface area contributed by atoms with Gasteiger partial charge in [0.25, 0.3) is 5.91 Å². The van der Waals surface area contributed by atoms with Crippen LogP contribution in [0.1, 0.15) is 20.0 Å². The summed E-state index contributed by atoms with van der Waals surface area (Å²) in [6.07, 6.45) is 0. The molecule has 0 spiro atoms. The van der Waals surface area contributed by atoms with Crippen molar-refractivity contribution in [1.29, 1.82) is 0 Å². The minimum absolute atomic E-state index is 0.0716. The molecule has 0 aliphatic rings. The van der Waals surface area contributed by atoms with Gasteiger partial charge in [-0.3, -0.25) is 4.79 Å². The number of benzene rings is 1. The van der Waals surface area contributed by atoms with Crippen molar-refractivity contribution in [2.75, 3.05) is 5.32 Å². The molecule has 1 aromatic heterocycles. The maximum atomic E-state index is 12.9. The second-order valence-electron chi connectivity index (χ2n) is 3.43. The van der Waals surface area contributed by atoms with Crippen LogP contribution in [0.5, 0.6) is 0 Å². The third-order valence-electron chi connectivity index (χ3n) is 2.21. The minimum Gasteiger partial charge on any atom is -0.478 e. The van der Waals surface area contributed by atoms with Crippen LogP contribution in [0.4, 0.5) is 10.1 Å². The van der Waals surface area contributed by atoms with Gasteiger partial charge in [0.1, 0.15) is 5.82 Å². The molecule has 0 bridgehead atoms. The molecule has 0 atom stereocenters. The van der Waals surface area contributed by atoms with Crippen LogP contribution in [0, 0.1) is 5.82 Å². The van der Waals surface area contributed by atoms with Crippen LogP contribution in [-0.4, -0.2) is 17.0 Å². The van der Waals surface area contributed by atoms with Gasteiger partial charge in [-0.05, 0) is 29.6 Å². The molecule has 2 rings (SSSR count). The standard InChI is InChI=1S/C12H8FNO3S/c13-7-3-4-9(8(6-7)12(16)17)14-11(15)10-2-1-5-18-10/h1-6H,(H,14,15)(H,16,17). The van der Waals surface area contributed by atoms with Gasteiger partial charge in [0.05, 0.1) is 16.1 Å². The summed E-state index contributed by atoms with van der Waals surface area (Å²) in [7, 11) is 0. The fourth-order valence-electron chi connectivity index (χ4n) is 1.39. The topological polar surface area (TPSA) is 66.4 Å². The predicted octanol–water partition coefficient (Wildman–Crippen LogP) is 2.84. The Hall–Kier alpha value is -2.21. The smallest absolute Gasteiger partial charge is 0.337 e. The second-order valence-corrected chi connectivity index (χ2v) is 4.37. The number of halogens is 1. The van der Waals surface area contributed by atoms with Crippen molar-refractivity contribution < 1.29 is 19.1 Å². The van der Waals surface area contributed by atoms with Crippen LogP contribution < -0.4 is 5.32 Å². The normalized spacial score (nSPS) is 10.1. The molecule has 0 aliphatic carbocycles. The van der Waals surface area contributed by atoms with E-state index in [2.05, 4.69) is 5.32 Å². The number of thiophene rings is 1. The van der Waals surface area contributed by atoms with Crippen molar-refractivity contribution in [2.24, 2.45) is 0 Å². The van der Waals surface area contributed by atoms with E-state index in [1.165, 1.54) is 17.4 Å². The number of anilines is 1. The van der Waals surface area contributed by atoms with E-state index in [1.54, 1.807) is 17.5 Å². The van der Waals surface area contributed by atoms with E-state index >= 15 is 0 Å². The Morgan fingerprint density at radius 3 is 2.67 bits per heavy atom. The third kappa shape index (κ3) is 2.54. The van der Waals surface area contributed by atoms with Crippen LogP contribution in [0.15, 0.2) is 35.7 Å². The SMILES string of the molecule is O=C(Nc1ccc(F)cc1C(=O)O)c1cccs1. The zero-order valence-electron chi connectivity index (χ0n) is 9.01. The quantitative estimate of drug-likeness (QED) is 0.896. The number of carboxylic acids is 1. The van der Waals surface area contributed by atoms with E-state index in [9.17, 15) is 14.0 Å². The third-order valence-corrected chi connectivity index (χ3v) is 3.07. The summed E-state index contributed by atoms with van der Waals surface area (Å²) in [4.78, 5) is 23.1. The zero-order chi connectivity index (χ0) is 13.1. The zero-order valence-corrected chi connectivity index (χ0v) is 9.83. The van der Waals surface area contributed by atoms with Crippen LogP contribution >= 0.6 is 11.3 Å². The highest BCUT2D eigenvalue weighted by Gasteiger charge is 2.14.